The zero-order chi connectivity index (χ0) is 15.3. The number of fused-ring (bicyclic) bond motifs is 2. The predicted molar refractivity (Wildman–Crippen MR) is 77.3 cm³/mol. The van der Waals surface area contributed by atoms with E-state index in [2.05, 4.69) is 9.97 Å². The molecule has 1 atom stereocenters. The summed E-state index contributed by atoms with van der Waals surface area (Å²) in [6.45, 7) is 2.63. The van der Waals surface area contributed by atoms with E-state index in [0.717, 1.165) is 11.3 Å². The SMILES string of the molecule is C[C@H](c1ccc2c(c1)OCO2)N1Cc2nc(N)ncc2C1=O. The van der Waals surface area contributed by atoms with Crippen molar-refractivity contribution in [3.05, 3.63) is 41.2 Å². The standard InChI is InChI=1S/C15H14N4O3/c1-8(9-2-3-12-13(4-9)22-7-21-12)19-6-11-10(14(19)20)5-17-15(16)18-11/h2-5,8H,6-7H2,1H3,(H2,16,17,18)/t8-/m1/s1. The number of hydrogen-bond donors (Lipinski definition) is 1. The highest BCUT2D eigenvalue weighted by Gasteiger charge is 2.33. The van der Waals surface area contributed by atoms with Gasteiger partial charge < -0.3 is 20.1 Å². The van der Waals surface area contributed by atoms with Crippen LogP contribution in [0.3, 0.4) is 0 Å². The van der Waals surface area contributed by atoms with E-state index >= 15 is 0 Å². The Labute approximate surface area is 126 Å². The summed E-state index contributed by atoms with van der Waals surface area (Å²) < 4.78 is 10.7. The minimum Gasteiger partial charge on any atom is -0.454 e. The maximum atomic E-state index is 12.5. The lowest BCUT2D eigenvalue weighted by atomic mass is 10.1. The number of ether oxygens (including phenoxy) is 2. The highest BCUT2D eigenvalue weighted by Crippen LogP contribution is 2.37. The third-order valence-electron chi connectivity index (χ3n) is 4.04. The van der Waals surface area contributed by atoms with Gasteiger partial charge in [0, 0.05) is 6.20 Å². The average molecular weight is 298 g/mol. The zero-order valence-electron chi connectivity index (χ0n) is 11.9. The first-order chi connectivity index (χ1) is 10.6. The van der Waals surface area contributed by atoms with Crippen LogP contribution in [0.15, 0.2) is 24.4 Å². The second-order valence-electron chi connectivity index (χ2n) is 5.31. The summed E-state index contributed by atoms with van der Waals surface area (Å²) in [5, 5.41) is 0. The van der Waals surface area contributed by atoms with Crippen LogP contribution in [-0.4, -0.2) is 27.6 Å². The summed E-state index contributed by atoms with van der Waals surface area (Å²) in [6, 6.07) is 5.59. The lowest BCUT2D eigenvalue weighted by molar-refractivity contribution is 0.0715. The second-order valence-corrected chi connectivity index (χ2v) is 5.31. The molecule has 0 saturated heterocycles. The van der Waals surface area contributed by atoms with Gasteiger partial charge in [0.2, 0.25) is 12.7 Å². The van der Waals surface area contributed by atoms with Gasteiger partial charge in [0.1, 0.15) is 0 Å². The van der Waals surface area contributed by atoms with Crippen molar-refractivity contribution < 1.29 is 14.3 Å². The van der Waals surface area contributed by atoms with Gasteiger partial charge >= 0.3 is 0 Å². The minimum atomic E-state index is -0.113. The van der Waals surface area contributed by atoms with Crippen molar-refractivity contribution in [2.75, 3.05) is 12.5 Å². The third-order valence-corrected chi connectivity index (χ3v) is 4.04. The van der Waals surface area contributed by atoms with E-state index in [1.807, 2.05) is 25.1 Å². The van der Waals surface area contributed by atoms with E-state index < -0.39 is 0 Å². The van der Waals surface area contributed by atoms with Crippen molar-refractivity contribution in [1.29, 1.82) is 0 Å². The number of amides is 1. The van der Waals surface area contributed by atoms with E-state index in [-0.39, 0.29) is 24.7 Å². The topological polar surface area (TPSA) is 90.6 Å². The van der Waals surface area contributed by atoms with Gasteiger partial charge in [-0.25, -0.2) is 9.97 Å². The fourth-order valence-electron chi connectivity index (χ4n) is 2.79. The van der Waals surface area contributed by atoms with E-state index in [1.165, 1.54) is 6.20 Å². The molecule has 22 heavy (non-hydrogen) atoms. The normalized spacial score (nSPS) is 16.8. The fourth-order valence-corrected chi connectivity index (χ4v) is 2.79. The first kappa shape index (κ1) is 12.9. The molecular formula is C15H14N4O3. The average Bonchev–Trinajstić information content (AvgIpc) is 3.10. The fraction of sp³-hybridized carbons (Fsp3) is 0.267. The Hall–Kier alpha value is -2.83. The lowest BCUT2D eigenvalue weighted by Crippen LogP contribution is -2.27. The molecule has 0 bridgehead atoms. The van der Waals surface area contributed by atoms with Crippen molar-refractivity contribution >= 4 is 11.9 Å². The van der Waals surface area contributed by atoms with Crippen molar-refractivity contribution in [2.24, 2.45) is 0 Å². The van der Waals surface area contributed by atoms with Crippen molar-refractivity contribution in [3.63, 3.8) is 0 Å². The van der Waals surface area contributed by atoms with Gasteiger partial charge in [-0.1, -0.05) is 6.07 Å². The molecule has 4 rings (SSSR count). The molecule has 0 aliphatic carbocycles. The largest absolute Gasteiger partial charge is 0.454 e. The number of nitrogens with two attached hydrogens (primary N) is 1. The van der Waals surface area contributed by atoms with Gasteiger partial charge in [-0.15, -0.1) is 0 Å². The molecule has 2 N–H and O–H groups in total. The summed E-state index contributed by atoms with van der Waals surface area (Å²) >= 11 is 0. The van der Waals surface area contributed by atoms with Crippen LogP contribution in [0, 0.1) is 0 Å². The lowest BCUT2D eigenvalue weighted by Gasteiger charge is -2.24. The minimum absolute atomic E-state index is 0.0832. The smallest absolute Gasteiger partial charge is 0.258 e. The highest BCUT2D eigenvalue weighted by atomic mass is 16.7. The van der Waals surface area contributed by atoms with Gasteiger partial charge in [-0.3, -0.25) is 4.79 Å². The van der Waals surface area contributed by atoms with Crippen LogP contribution >= 0.6 is 0 Å². The quantitative estimate of drug-likeness (QED) is 0.903. The monoisotopic (exact) mass is 298 g/mol. The molecule has 0 spiro atoms. The number of hydrogen-bond acceptors (Lipinski definition) is 6. The summed E-state index contributed by atoms with van der Waals surface area (Å²) in [7, 11) is 0. The molecule has 2 aliphatic heterocycles. The van der Waals surface area contributed by atoms with Crippen LogP contribution in [0.4, 0.5) is 5.95 Å². The van der Waals surface area contributed by atoms with Gasteiger partial charge in [-0.2, -0.15) is 0 Å². The Morgan fingerprint density at radius 3 is 3.00 bits per heavy atom. The number of rotatable bonds is 2. The summed E-state index contributed by atoms with van der Waals surface area (Å²) in [6.07, 6.45) is 1.49. The molecule has 112 valence electrons. The first-order valence-electron chi connectivity index (χ1n) is 6.95. The third kappa shape index (κ3) is 1.86. The molecule has 0 saturated carbocycles. The Kier molecular flexibility index (Phi) is 2.69. The van der Waals surface area contributed by atoms with Crippen molar-refractivity contribution in [1.82, 2.24) is 14.9 Å². The number of aromatic nitrogens is 2. The zero-order valence-corrected chi connectivity index (χ0v) is 11.9. The van der Waals surface area contributed by atoms with Crippen LogP contribution in [0.2, 0.25) is 0 Å². The van der Waals surface area contributed by atoms with Crippen LogP contribution in [0.1, 0.15) is 34.6 Å². The molecule has 2 aliphatic rings. The van der Waals surface area contributed by atoms with Crippen molar-refractivity contribution in [2.45, 2.75) is 19.5 Å². The Morgan fingerprint density at radius 2 is 2.14 bits per heavy atom. The van der Waals surface area contributed by atoms with Crippen LogP contribution in [-0.2, 0) is 6.54 Å². The molecule has 1 amide bonds. The number of carbonyl (C=O) groups excluding carboxylic acids is 1. The van der Waals surface area contributed by atoms with Gasteiger partial charge in [0.05, 0.1) is 23.8 Å². The summed E-state index contributed by atoms with van der Waals surface area (Å²) in [4.78, 5) is 22.3. The van der Waals surface area contributed by atoms with E-state index in [1.54, 1.807) is 4.90 Å². The number of anilines is 1. The summed E-state index contributed by atoms with van der Waals surface area (Å²) in [5.74, 6) is 1.53. The molecule has 7 nitrogen and oxygen atoms in total. The molecule has 3 heterocycles. The molecule has 2 aromatic rings. The Bertz CT molecular complexity index is 777. The van der Waals surface area contributed by atoms with Gasteiger partial charge in [0.25, 0.3) is 5.91 Å². The maximum Gasteiger partial charge on any atom is 0.258 e. The van der Waals surface area contributed by atoms with Gasteiger partial charge in [-0.05, 0) is 24.6 Å². The number of nitrogen functional groups attached to an aromatic ring is 1. The molecule has 7 heteroatoms. The Morgan fingerprint density at radius 1 is 1.32 bits per heavy atom. The Balaban J connectivity index is 1.64. The number of benzene rings is 1. The predicted octanol–water partition coefficient (Wildman–Crippen LogP) is 1.50. The maximum absolute atomic E-state index is 12.5. The molecule has 1 aromatic heterocycles. The van der Waals surface area contributed by atoms with Crippen molar-refractivity contribution in [3.8, 4) is 11.5 Å². The van der Waals surface area contributed by atoms with Crippen LogP contribution in [0.5, 0.6) is 11.5 Å². The van der Waals surface area contributed by atoms with Crippen LogP contribution in [0.25, 0.3) is 0 Å². The van der Waals surface area contributed by atoms with Crippen LogP contribution < -0.4 is 15.2 Å². The number of carbonyl (C=O) groups is 1. The van der Waals surface area contributed by atoms with E-state index in [0.29, 0.717) is 23.6 Å². The van der Waals surface area contributed by atoms with Gasteiger partial charge in [0.15, 0.2) is 11.5 Å². The highest BCUT2D eigenvalue weighted by molar-refractivity contribution is 5.97. The second kappa shape index (κ2) is 4.59. The van der Waals surface area contributed by atoms with E-state index in [9.17, 15) is 4.79 Å². The first-order valence-corrected chi connectivity index (χ1v) is 6.95. The number of nitrogens with zero attached hydrogens (tertiary/aromatic N) is 3. The molecule has 1 aromatic carbocycles. The molecule has 0 radical (unpaired) electrons. The summed E-state index contributed by atoms with van der Waals surface area (Å²) in [5.41, 5.74) is 7.75. The van der Waals surface area contributed by atoms with E-state index in [4.69, 9.17) is 15.2 Å². The molecule has 0 fully saturated rings. The molecular weight excluding hydrogens is 284 g/mol. The molecule has 0 unspecified atom stereocenters.